The molecule has 1 aliphatic rings. The molecule has 0 radical (unpaired) electrons. The smallest absolute Gasteiger partial charge is 0.164 e. The van der Waals surface area contributed by atoms with E-state index in [2.05, 4.69) is 19.5 Å². The summed E-state index contributed by atoms with van der Waals surface area (Å²) in [5, 5.41) is 0. The van der Waals surface area contributed by atoms with E-state index >= 15 is 0 Å². The van der Waals surface area contributed by atoms with Crippen molar-refractivity contribution in [2.24, 2.45) is 0 Å². The standard InChI is InChI=1S/C16H16N4O2/c1-2-13(22-7-1)3-4-14-15-16(18-10-17-14)20(11-19-15)12-5-8-21-9-6-12/h1-4,7,10-12H,5-6,8-9H2/b4-3+. The van der Waals surface area contributed by atoms with Gasteiger partial charge >= 0.3 is 0 Å². The highest BCUT2D eigenvalue weighted by atomic mass is 16.5. The fraction of sp³-hybridized carbons (Fsp3) is 0.312. The van der Waals surface area contributed by atoms with Gasteiger partial charge in [-0.25, -0.2) is 15.0 Å². The van der Waals surface area contributed by atoms with E-state index in [0.717, 1.165) is 48.7 Å². The molecule has 0 saturated carbocycles. The molecule has 1 saturated heterocycles. The minimum atomic E-state index is 0.399. The highest BCUT2D eigenvalue weighted by Gasteiger charge is 2.19. The van der Waals surface area contributed by atoms with E-state index in [0.29, 0.717) is 6.04 Å². The Bertz CT molecular complexity index is 786. The van der Waals surface area contributed by atoms with Gasteiger partial charge in [0.1, 0.15) is 17.6 Å². The SMILES string of the molecule is C(=C\c1ncnc2c1ncn2C1CCOCC1)/c1ccco1. The molecule has 4 heterocycles. The Kier molecular flexibility index (Phi) is 3.44. The molecule has 22 heavy (non-hydrogen) atoms. The van der Waals surface area contributed by atoms with Crippen LogP contribution in [0, 0.1) is 0 Å². The van der Waals surface area contributed by atoms with Gasteiger partial charge in [0.25, 0.3) is 0 Å². The first kappa shape index (κ1) is 13.2. The number of ether oxygens (including phenoxy) is 1. The Morgan fingerprint density at radius 1 is 1.14 bits per heavy atom. The molecule has 0 atom stereocenters. The Hall–Kier alpha value is -2.47. The third kappa shape index (κ3) is 2.42. The second kappa shape index (κ2) is 5.73. The second-order valence-electron chi connectivity index (χ2n) is 5.28. The molecule has 0 aliphatic carbocycles. The number of rotatable bonds is 3. The fourth-order valence-corrected chi connectivity index (χ4v) is 2.77. The lowest BCUT2D eigenvalue weighted by Gasteiger charge is -2.23. The van der Waals surface area contributed by atoms with Crippen molar-refractivity contribution >= 4 is 23.3 Å². The predicted molar refractivity (Wildman–Crippen MR) is 82.0 cm³/mol. The predicted octanol–water partition coefficient (Wildman–Crippen LogP) is 2.94. The van der Waals surface area contributed by atoms with Crippen LogP contribution in [0.4, 0.5) is 0 Å². The van der Waals surface area contributed by atoms with Gasteiger partial charge in [0.2, 0.25) is 0 Å². The van der Waals surface area contributed by atoms with Gasteiger partial charge in [0.15, 0.2) is 5.65 Å². The zero-order valence-corrected chi connectivity index (χ0v) is 12.1. The minimum absolute atomic E-state index is 0.399. The van der Waals surface area contributed by atoms with Gasteiger partial charge in [-0.1, -0.05) is 0 Å². The number of nitrogens with zero attached hydrogens (tertiary/aromatic N) is 4. The van der Waals surface area contributed by atoms with Gasteiger partial charge in [-0.05, 0) is 37.1 Å². The van der Waals surface area contributed by atoms with E-state index in [9.17, 15) is 0 Å². The summed E-state index contributed by atoms with van der Waals surface area (Å²) in [4.78, 5) is 13.2. The number of hydrogen-bond donors (Lipinski definition) is 0. The van der Waals surface area contributed by atoms with Crippen molar-refractivity contribution in [2.45, 2.75) is 18.9 Å². The van der Waals surface area contributed by atoms with E-state index in [1.54, 1.807) is 12.6 Å². The molecular formula is C16H16N4O2. The van der Waals surface area contributed by atoms with Gasteiger partial charge < -0.3 is 13.7 Å². The molecule has 0 spiro atoms. The molecule has 3 aromatic rings. The van der Waals surface area contributed by atoms with Crippen LogP contribution in [-0.4, -0.2) is 32.7 Å². The van der Waals surface area contributed by atoms with Crippen LogP contribution in [0.3, 0.4) is 0 Å². The molecule has 112 valence electrons. The normalized spacial score (nSPS) is 16.7. The summed E-state index contributed by atoms with van der Waals surface area (Å²) < 4.78 is 12.9. The van der Waals surface area contributed by atoms with Crippen LogP contribution >= 0.6 is 0 Å². The maximum atomic E-state index is 5.43. The Balaban J connectivity index is 1.70. The first-order chi connectivity index (χ1) is 10.9. The number of hydrogen-bond acceptors (Lipinski definition) is 5. The largest absolute Gasteiger partial charge is 0.465 e. The summed E-state index contributed by atoms with van der Waals surface area (Å²) in [6, 6.07) is 4.15. The topological polar surface area (TPSA) is 66.0 Å². The third-order valence-corrected chi connectivity index (χ3v) is 3.92. The fourth-order valence-electron chi connectivity index (χ4n) is 2.77. The van der Waals surface area contributed by atoms with Crippen LogP contribution in [0.15, 0.2) is 35.5 Å². The molecule has 1 fully saturated rings. The Morgan fingerprint density at radius 3 is 2.86 bits per heavy atom. The number of fused-ring (bicyclic) bond motifs is 1. The first-order valence-corrected chi connectivity index (χ1v) is 7.39. The maximum absolute atomic E-state index is 5.43. The van der Waals surface area contributed by atoms with Gasteiger partial charge in [-0.3, -0.25) is 0 Å². The molecule has 1 aliphatic heterocycles. The minimum Gasteiger partial charge on any atom is -0.465 e. The van der Waals surface area contributed by atoms with Gasteiger partial charge in [0, 0.05) is 19.3 Å². The molecule has 4 rings (SSSR count). The van der Waals surface area contributed by atoms with E-state index in [1.165, 1.54) is 0 Å². The lowest BCUT2D eigenvalue weighted by Crippen LogP contribution is -2.19. The Labute approximate surface area is 127 Å². The van der Waals surface area contributed by atoms with Crippen molar-refractivity contribution in [3.8, 4) is 0 Å². The van der Waals surface area contributed by atoms with E-state index in [-0.39, 0.29) is 0 Å². The van der Waals surface area contributed by atoms with Crippen molar-refractivity contribution in [3.63, 3.8) is 0 Å². The van der Waals surface area contributed by atoms with Gasteiger partial charge in [0.05, 0.1) is 18.3 Å². The van der Waals surface area contributed by atoms with Crippen molar-refractivity contribution < 1.29 is 9.15 Å². The molecule has 6 nitrogen and oxygen atoms in total. The number of furan rings is 1. The molecule has 0 N–H and O–H groups in total. The quantitative estimate of drug-likeness (QED) is 0.743. The monoisotopic (exact) mass is 296 g/mol. The summed E-state index contributed by atoms with van der Waals surface area (Å²) in [6.45, 7) is 1.58. The summed E-state index contributed by atoms with van der Waals surface area (Å²) >= 11 is 0. The highest BCUT2D eigenvalue weighted by molar-refractivity contribution is 5.83. The van der Waals surface area contributed by atoms with Crippen LogP contribution in [0.25, 0.3) is 23.3 Å². The van der Waals surface area contributed by atoms with Crippen LogP contribution in [-0.2, 0) is 4.74 Å². The average molecular weight is 296 g/mol. The van der Waals surface area contributed by atoms with Crippen LogP contribution in [0.5, 0.6) is 0 Å². The molecule has 0 unspecified atom stereocenters. The molecule has 0 aromatic carbocycles. The zero-order valence-electron chi connectivity index (χ0n) is 12.1. The molecule has 0 bridgehead atoms. The maximum Gasteiger partial charge on any atom is 0.164 e. The zero-order chi connectivity index (χ0) is 14.8. The molecular weight excluding hydrogens is 280 g/mol. The molecule has 3 aromatic heterocycles. The third-order valence-electron chi connectivity index (χ3n) is 3.92. The summed E-state index contributed by atoms with van der Waals surface area (Å²) in [7, 11) is 0. The Morgan fingerprint density at radius 2 is 2.05 bits per heavy atom. The van der Waals surface area contributed by atoms with Gasteiger partial charge in [-0.15, -0.1) is 0 Å². The van der Waals surface area contributed by atoms with Crippen LogP contribution < -0.4 is 0 Å². The van der Waals surface area contributed by atoms with Crippen LogP contribution in [0.2, 0.25) is 0 Å². The summed E-state index contributed by atoms with van der Waals surface area (Å²) in [5.74, 6) is 0.788. The van der Waals surface area contributed by atoms with Crippen molar-refractivity contribution in [1.29, 1.82) is 0 Å². The van der Waals surface area contributed by atoms with Crippen LogP contribution in [0.1, 0.15) is 30.3 Å². The lowest BCUT2D eigenvalue weighted by atomic mass is 10.1. The summed E-state index contributed by atoms with van der Waals surface area (Å²) in [5.41, 5.74) is 2.49. The average Bonchev–Trinajstić information content (AvgIpc) is 3.23. The van der Waals surface area contributed by atoms with Crippen molar-refractivity contribution in [3.05, 3.63) is 42.5 Å². The highest BCUT2D eigenvalue weighted by Crippen LogP contribution is 2.25. The molecule has 0 amide bonds. The first-order valence-electron chi connectivity index (χ1n) is 7.39. The van der Waals surface area contributed by atoms with Gasteiger partial charge in [-0.2, -0.15) is 0 Å². The lowest BCUT2D eigenvalue weighted by molar-refractivity contribution is 0.0704. The van der Waals surface area contributed by atoms with E-state index in [4.69, 9.17) is 9.15 Å². The van der Waals surface area contributed by atoms with Crippen molar-refractivity contribution in [1.82, 2.24) is 19.5 Å². The second-order valence-corrected chi connectivity index (χ2v) is 5.28. The number of imidazole rings is 1. The van der Waals surface area contributed by atoms with E-state index < -0.39 is 0 Å². The van der Waals surface area contributed by atoms with E-state index in [1.807, 2.05) is 30.6 Å². The molecule has 6 heteroatoms. The van der Waals surface area contributed by atoms with Crippen molar-refractivity contribution in [2.75, 3.05) is 13.2 Å². The number of aromatic nitrogens is 4. The summed E-state index contributed by atoms with van der Waals surface area (Å²) in [6.07, 6.45) is 10.9.